The van der Waals surface area contributed by atoms with Crippen molar-refractivity contribution in [3.63, 3.8) is 0 Å². The summed E-state index contributed by atoms with van der Waals surface area (Å²) in [4.78, 5) is 0. The molecule has 0 spiro atoms. The van der Waals surface area contributed by atoms with E-state index in [4.69, 9.17) is 0 Å². The van der Waals surface area contributed by atoms with Gasteiger partial charge in [0.25, 0.3) is 0 Å². The lowest BCUT2D eigenvalue weighted by Gasteiger charge is -2.36. The van der Waals surface area contributed by atoms with E-state index in [-0.39, 0.29) is 12.3 Å². The van der Waals surface area contributed by atoms with Gasteiger partial charge in [-0.2, -0.15) is 39.5 Å². The minimum atomic E-state index is -6.78. The van der Waals surface area contributed by atoms with Crippen LogP contribution in [0.25, 0.3) is 0 Å². The van der Waals surface area contributed by atoms with Crippen LogP contribution >= 0.6 is 0 Å². The van der Waals surface area contributed by atoms with Crippen LogP contribution in [0.3, 0.4) is 0 Å². The third-order valence-corrected chi connectivity index (χ3v) is 6.77. The van der Waals surface area contributed by atoms with E-state index in [9.17, 15) is 39.5 Å². The third kappa shape index (κ3) is 5.54. The molecule has 2 saturated carbocycles. The maximum absolute atomic E-state index is 13.5. The van der Waals surface area contributed by atoms with Gasteiger partial charge in [-0.3, -0.25) is 0 Å². The molecule has 2 rings (SSSR count). The second kappa shape index (κ2) is 9.25. The van der Waals surface area contributed by atoms with Crippen molar-refractivity contribution in [3.05, 3.63) is 0 Å². The molecule has 0 saturated heterocycles. The number of alkyl halides is 9. The Labute approximate surface area is 165 Å². The minimum absolute atomic E-state index is 0.113. The van der Waals surface area contributed by atoms with Gasteiger partial charge in [-0.05, 0) is 37.0 Å². The largest absolute Gasteiger partial charge is 0.460 e. The molecule has 0 aromatic rings. The lowest BCUT2D eigenvalue weighted by Crippen LogP contribution is -2.60. The highest BCUT2D eigenvalue weighted by Crippen LogP contribution is 2.54. The van der Waals surface area contributed by atoms with Crippen LogP contribution in [0.2, 0.25) is 0 Å². The Morgan fingerprint density at radius 1 is 0.552 bits per heavy atom. The molecule has 9 heteroatoms. The zero-order valence-electron chi connectivity index (χ0n) is 16.3. The highest BCUT2D eigenvalue weighted by molar-refractivity contribution is 5.00. The van der Waals surface area contributed by atoms with Gasteiger partial charge < -0.3 is 0 Å². The average molecular weight is 440 g/mol. The van der Waals surface area contributed by atoms with Gasteiger partial charge in [0.2, 0.25) is 0 Å². The third-order valence-electron chi connectivity index (χ3n) is 6.77. The smallest absolute Gasteiger partial charge is 0.200 e. The molecular formula is C20H29F9. The zero-order chi connectivity index (χ0) is 21.9. The first-order valence-corrected chi connectivity index (χ1v) is 10.5. The first kappa shape index (κ1) is 24.6. The number of halogens is 9. The molecule has 2 aliphatic rings. The molecule has 29 heavy (non-hydrogen) atoms. The summed E-state index contributed by atoms with van der Waals surface area (Å²) in [5.41, 5.74) is 0. The number of hydrogen-bond acceptors (Lipinski definition) is 0. The summed E-state index contributed by atoms with van der Waals surface area (Å²) in [7, 11) is 0. The Kier molecular flexibility index (Phi) is 7.86. The topological polar surface area (TPSA) is 0 Å². The van der Waals surface area contributed by atoms with E-state index in [0.29, 0.717) is 12.3 Å². The molecule has 0 bridgehead atoms. The summed E-state index contributed by atoms with van der Waals surface area (Å²) < 4.78 is 116. The van der Waals surface area contributed by atoms with Crippen molar-refractivity contribution in [1.29, 1.82) is 0 Å². The maximum atomic E-state index is 13.5. The lowest BCUT2D eigenvalue weighted by molar-refractivity contribution is -0.396. The molecule has 0 atom stereocenters. The molecular weight excluding hydrogens is 411 g/mol. The maximum Gasteiger partial charge on any atom is 0.460 e. The SMILES string of the molecule is FC(F)(F)C(F)(F)C(F)(F)C(F)(F)CCCCC1CCC(C2CCCCC2)CC1. The fourth-order valence-corrected chi connectivity index (χ4v) is 4.90. The summed E-state index contributed by atoms with van der Waals surface area (Å²) in [5, 5.41) is 0. The van der Waals surface area contributed by atoms with Gasteiger partial charge in [-0.25, -0.2) is 0 Å². The van der Waals surface area contributed by atoms with Crippen molar-refractivity contribution in [1.82, 2.24) is 0 Å². The van der Waals surface area contributed by atoms with E-state index < -0.39 is 36.8 Å². The molecule has 0 aliphatic heterocycles. The van der Waals surface area contributed by atoms with Crippen LogP contribution in [0.4, 0.5) is 39.5 Å². The van der Waals surface area contributed by atoms with Gasteiger partial charge in [-0.1, -0.05) is 57.8 Å². The summed E-state index contributed by atoms with van der Waals surface area (Å²) in [6.07, 6.45) is 1.96. The predicted octanol–water partition coefficient (Wildman–Crippen LogP) is 8.40. The average Bonchev–Trinajstić information content (AvgIpc) is 2.65. The van der Waals surface area contributed by atoms with E-state index in [1.54, 1.807) is 0 Å². The standard InChI is InChI=1S/C20H29F9/c21-17(22,18(23,24)19(25,26)20(27,28)29)13-5-4-6-14-9-11-16(12-10-14)15-7-2-1-3-8-15/h14-16H,1-13H2. The molecule has 0 amide bonds. The van der Waals surface area contributed by atoms with Gasteiger partial charge in [0.05, 0.1) is 0 Å². The van der Waals surface area contributed by atoms with Crippen LogP contribution in [0.15, 0.2) is 0 Å². The fourth-order valence-electron chi connectivity index (χ4n) is 4.90. The summed E-state index contributed by atoms with van der Waals surface area (Å²) in [6, 6.07) is 0. The van der Waals surface area contributed by atoms with E-state index in [2.05, 4.69) is 0 Å². The van der Waals surface area contributed by atoms with Crippen molar-refractivity contribution < 1.29 is 39.5 Å². The summed E-state index contributed by atoms with van der Waals surface area (Å²) in [6.45, 7) is 0. The van der Waals surface area contributed by atoms with Crippen LogP contribution < -0.4 is 0 Å². The van der Waals surface area contributed by atoms with Crippen LogP contribution in [-0.4, -0.2) is 23.9 Å². The Morgan fingerprint density at radius 2 is 1.07 bits per heavy atom. The molecule has 2 fully saturated rings. The van der Waals surface area contributed by atoms with Gasteiger partial charge in [0.15, 0.2) is 0 Å². The van der Waals surface area contributed by atoms with Crippen molar-refractivity contribution in [2.45, 2.75) is 107 Å². The quantitative estimate of drug-likeness (QED) is 0.263. The highest BCUT2D eigenvalue weighted by Gasteiger charge is 2.81. The Bertz CT molecular complexity index is 499. The Balaban J connectivity index is 1.74. The molecule has 0 aromatic carbocycles. The second-order valence-corrected chi connectivity index (χ2v) is 8.78. The highest BCUT2D eigenvalue weighted by atomic mass is 19.4. The van der Waals surface area contributed by atoms with Crippen LogP contribution in [0.1, 0.15) is 83.5 Å². The van der Waals surface area contributed by atoms with Crippen LogP contribution in [-0.2, 0) is 0 Å². The fraction of sp³-hybridized carbons (Fsp3) is 1.00. The Morgan fingerprint density at radius 3 is 1.59 bits per heavy atom. The second-order valence-electron chi connectivity index (χ2n) is 8.78. The van der Waals surface area contributed by atoms with Crippen molar-refractivity contribution in [3.8, 4) is 0 Å². The van der Waals surface area contributed by atoms with Crippen LogP contribution in [0.5, 0.6) is 0 Å². The van der Waals surface area contributed by atoms with E-state index in [1.807, 2.05) is 0 Å². The molecule has 172 valence electrons. The summed E-state index contributed by atoms with van der Waals surface area (Å²) in [5.74, 6) is -17.0. The van der Waals surface area contributed by atoms with Crippen molar-refractivity contribution >= 4 is 0 Å². The lowest BCUT2D eigenvalue weighted by atomic mass is 9.70. The molecule has 0 aromatic heterocycles. The molecule has 0 heterocycles. The monoisotopic (exact) mass is 440 g/mol. The van der Waals surface area contributed by atoms with Gasteiger partial charge >= 0.3 is 23.9 Å². The number of hydrogen-bond donors (Lipinski definition) is 0. The molecule has 0 unspecified atom stereocenters. The number of rotatable bonds is 8. The zero-order valence-corrected chi connectivity index (χ0v) is 16.3. The van der Waals surface area contributed by atoms with E-state index in [1.165, 1.54) is 32.1 Å². The first-order chi connectivity index (χ1) is 13.3. The van der Waals surface area contributed by atoms with Gasteiger partial charge in [-0.15, -0.1) is 0 Å². The molecule has 0 nitrogen and oxygen atoms in total. The van der Waals surface area contributed by atoms with Crippen LogP contribution in [0, 0.1) is 17.8 Å². The normalized spacial score (nSPS) is 26.0. The number of unbranched alkanes of at least 4 members (excludes halogenated alkanes) is 1. The first-order valence-electron chi connectivity index (χ1n) is 10.5. The van der Waals surface area contributed by atoms with Crippen molar-refractivity contribution in [2.24, 2.45) is 17.8 Å². The van der Waals surface area contributed by atoms with Gasteiger partial charge in [0.1, 0.15) is 0 Å². The molecule has 0 radical (unpaired) electrons. The predicted molar refractivity (Wildman–Crippen MR) is 91.4 cm³/mol. The van der Waals surface area contributed by atoms with Crippen molar-refractivity contribution in [2.75, 3.05) is 0 Å². The van der Waals surface area contributed by atoms with E-state index in [0.717, 1.165) is 31.6 Å². The summed E-state index contributed by atoms with van der Waals surface area (Å²) >= 11 is 0. The molecule has 2 aliphatic carbocycles. The minimum Gasteiger partial charge on any atom is -0.200 e. The Hall–Kier alpha value is -0.630. The van der Waals surface area contributed by atoms with Gasteiger partial charge in [0, 0.05) is 6.42 Å². The van der Waals surface area contributed by atoms with E-state index >= 15 is 0 Å². The molecule has 0 N–H and O–H groups in total.